The van der Waals surface area contributed by atoms with Crippen LogP contribution in [0.3, 0.4) is 0 Å². The number of aromatic nitrogens is 1. The van der Waals surface area contributed by atoms with Crippen LogP contribution in [-0.4, -0.2) is 29.1 Å². The molecule has 0 atom stereocenters. The molecule has 0 aliphatic rings. The number of halogens is 3. The molecule has 1 heterocycles. The first-order valence-electron chi connectivity index (χ1n) is 5.40. The molecule has 0 fully saturated rings. The Bertz CT molecular complexity index is 335. The van der Waals surface area contributed by atoms with Gasteiger partial charge in [0, 0.05) is 12.7 Å². The maximum atomic E-state index is 12.3. The van der Waals surface area contributed by atoms with Crippen LogP contribution < -0.4 is 5.73 Å². The molecule has 6 heteroatoms. The van der Waals surface area contributed by atoms with Gasteiger partial charge >= 0.3 is 6.18 Å². The SMILES string of the molecule is CCCN(Cc1ccc(N)nc1)CC(F)(F)F. The Morgan fingerprint density at radius 3 is 2.53 bits per heavy atom. The van der Waals surface area contributed by atoms with E-state index in [1.807, 2.05) is 6.92 Å². The second-order valence-corrected chi connectivity index (χ2v) is 3.92. The lowest BCUT2D eigenvalue weighted by Crippen LogP contribution is -2.34. The topological polar surface area (TPSA) is 42.1 Å². The first-order valence-corrected chi connectivity index (χ1v) is 5.40. The number of pyridine rings is 1. The van der Waals surface area contributed by atoms with Crippen molar-refractivity contribution in [2.75, 3.05) is 18.8 Å². The summed E-state index contributed by atoms with van der Waals surface area (Å²) in [5.74, 6) is 0.367. The third kappa shape index (κ3) is 5.53. The van der Waals surface area contributed by atoms with Crippen LogP contribution >= 0.6 is 0 Å². The summed E-state index contributed by atoms with van der Waals surface area (Å²) in [5, 5.41) is 0. The van der Waals surface area contributed by atoms with E-state index >= 15 is 0 Å². The largest absolute Gasteiger partial charge is 0.401 e. The number of nitrogens with two attached hydrogens (primary N) is 1. The zero-order chi connectivity index (χ0) is 12.9. The van der Waals surface area contributed by atoms with Crippen LogP contribution in [0.5, 0.6) is 0 Å². The molecule has 0 spiro atoms. The molecular weight excluding hydrogens is 231 g/mol. The standard InChI is InChI=1S/C11H16F3N3/c1-2-5-17(8-11(12,13)14)7-9-3-4-10(15)16-6-9/h3-4,6H,2,5,7-8H2,1H3,(H2,15,16). The van der Waals surface area contributed by atoms with Gasteiger partial charge in [-0.1, -0.05) is 13.0 Å². The van der Waals surface area contributed by atoms with Crippen LogP contribution in [0, 0.1) is 0 Å². The van der Waals surface area contributed by atoms with Gasteiger partial charge in [-0.05, 0) is 24.6 Å². The summed E-state index contributed by atoms with van der Waals surface area (Å²) in [6, 6.07) is 3.29. The van der Waals surface area contributed by atoms with E-state index < -0.39 is 12.7 Å². The van der Waals surface area contributed by atoms with Gasteiger partial charge in [-0.15, -0.1) is 0 Å². The minimum absolute atomic E-state index is 0.237. The fourth-order valence-electron chi connectivity index (χ4n) is 1.57. The highest BCUT2D eigenvalue weighted by atomic mass is 19.4. The molecule has 0 amide bonds. The molecule has 1 aromatic heterocycles. The minimum atomic E-state index is -4.17. The van der Waals surface area contributed by atoms with Gasteiger partial charge in [0.05, 0.1) is 6.54 Å². The second kappa shape index (κ2) is 5.86. The molecule has 17 heavy (non-hydrogen) atoms. The lowest BCUT2D eigenvalue weighted by atomic mass is 10.2. The molecule has 0 unspecified atom stereocenters. The molecule has 3 nitrogen and oxygen atoms in total. The van der Waals surface area contributed by atoms with Gasteiger partial charge in [0.15, 0.2) is 0 Å². The van der Waals surface area contributed by atoms with E-state index in [9.17, 15) is 13.2 Å². The number of rotatable bonds is 5. The van der Waals surface area contributed by atoms with Crippen molar-refractivity contribution < 1.29 is 13.2 Å². The Hall–Kier alpha value is -1.30. The number of alkyl halides is 3. The van der Waals surface area contributed by atoms with Gasteiger partial charge < -0.3 is 5.73 Å². The zero-order valence-electron chi connectivity index (χ0n) is 9.67. The van der Waals surface area contributed by atoms with Crippen LogP contribution in [0.25, 0.3) is 0 Å². The highest BCUT2D eigenvalue weighted by molar-refractivity contribution is 5.29. The molecule has 0 bridgehead atoms. The van der Waals surface area contributed by atoms with Crippen molar-refractivity contribution in [3.05, 3.63) is 23.9 Å². The van der Waals surface area contributed by atoms with E-state index in [4.69, 9.17) is 5.73 Å². The fourth-order valence-corrected chi connectivity index (χ4v) is 1.57. The maximum Gasteiger partial charge on any atom is 0.401 e. The Labute approximate surface area is 98.4 Å². The summed E-state index contributed by atoms with van der Waals surface area (Å²) in [6.07, 6.45) is -1.98. The van der Waals surface area contributed by atoms with Crippen molar-refractivity contribution in [1.82, 2.24) is 9.88 Å². The average molecular weight is 247 g/mol. The van der Waals surface area contributed by atoms with Crippen molar-refractivity contribution in [2.45, 2.75) is 26.1 Å². The maximum absolute atomic E-state index is 12.3. The summed E-state index contributed by atoms with van der Waals surface area (Å²) in [6.45, 7) is 1.60. The quantitative estimate of drug-likeness (QED) is 0.869. The van der Waals surface area contributed by atoms with Crippen molar-refractivity contribution in [3.8, 4) is 0 Å². The van der Waals surface area contributed by atoms with Gasteiger partial charge in [0.2, 0.25) is 0 Å². The lowest BCUT2D eigenvalue weighted by Gasteiger charge is -2.22. The lowest BCUT2D eigenvalue weighted by molar-refractivity contribution is -0.147. The molecule has 1 aromatic rings. The Morgan fingerprint density at radius 2 is 2.06 bits per heavy atom. The van der Waals surface area contributed by atoms with Gasteiger partial charge in [-0.2, -0.15) is 13.2 Å². The summed E-state index contributed by atoms with van der Waals surface area (Å²) < 4.78 is 37.0. The monoisotopic (exact) mass is 247 g/mol. The molecule has 2 N–H and O–H groups in total. The molecule has 0 radical (unpaired) electrons. The van der Waals surface area contributed by atoms with E-state index in [2.05, 4.69) is 4.98 Å². The summed E-state index contributed by atoms with van der Waals surface area (Å²) in [4.78, 5) is 5.21. The number of hydrogen-bond acceptors (Lipinski definition) is 3. The number of nitrogens with zero attached hydrogens (tertiary/aromatic N) is 2. The highest BCUT2D eigenvalue weighted by Crippen LogP contribution is 2.18. The van der Waals surface area contributed by atoms with Crippen LogP contribution in [0.2, 0.25) is 0 Å². The van der Waals surface area contributed by atoms with Crippen LogP contribution in [-0.2, 0) is 6.54 Å². The van der Waals surface area contributed by atoms with Crippen LogP contribution in [0.4, 0.5) is 19.0 Å². The van der Waals surface area contributed by atoms with Gasteiger partial charge in [0.25, 0.3) is 0 Å². The second-order valence-electron chi connectivity index (χ2n) is 3.92. The Balaban J connectivity index is 2.63. The van der Waals surface area contributed by atoms with Crippen molar-refractivity contribution in [1.29, 1.82) is 0 Å². The third-order valence-electron chi connectivity index (χ3n) is 2.20. The minimum Gasteiger partial charge on any atom is -0.384 e. The van der Waals surface area contributed by atoms with Crippen LogP contribution in [0.15, 0.2) is 18.3 Å². The van der Waals surface area contributed by atoms with Crippen molar-refractivity contribution in [3.63, 3.8) is 0 Å². The van der Waals surface area contributed by atoms with Gasteiger partial charge in [-0.3, -0.25) is 4.90 Å². The van der Waals surface area contributed by atoms with E-state index in [-0.39, 0.29) is 6.54 Å². The van der Waals surface area contributed by atoms with Gasteiger partial charge in [-0.25, -0.2) is 4.98 Å². The Kier molecular flexibility index (Phi) is 4.74. The van der Waals surface area contributed by atoms with Crippen LogP contribution in [0.1, 0.15) is 18.9 Å². The van der Waals surface area contributed by atoms with E-state index in [0.29, 0.717) is 18.8 Å². The summed E-state index contributed by atoms with van der Waals surface area (Å²) in [5.41, 5.74) is 6.15. The molecule has 0 saturated heterocycles. The molecule has 96 valence electrons. The van der Waals surface area contributed by atoms with E-state index in [1.165, 1.54) is 11.1 Å². The third-order valence-corrected chi connectivity index (χ3v) is 2.20. The number of anilines is 1. The smallest absolute Gasteiger partial charge is 0.384 e. The predicted molar refractivity (Wildman–Crippen MR) is 60.3 cm³/mol. The fraction of sp³-hybridized carbons (Fsp3) is 0.545. The highest BCUT2D eigenvalue weighted by Gasteiger charge is 2.30. The predicted octanol–water partition coefficient (Wildman–Crippen LogP) is 2.44. The van der Waals surface area contributed by atoms with E-state index in [1.54, 1.807) is 12.1 Å². The molecule has 1 rings (SSSR count). The molecule has 0 aliphatic heterocycles. The first-order chi connectivity index (χ1) is 7.90. The van der Waals surface area contributed by atoms with Crippen molar-refractivity contribution in [2.24, 2.45) is 0 Å². The molecule has 0 aliphatic carbocycles. The number of hydrogen-bond donors (Lipinski definition) is 1. The average Bonchev–Trinajstić information content (AvgIpc) is 2.19. The van der Waals surface area contributed by atoms with Crippen molar-refractivity contribution >= 4 is 5.82 Å². The molecule has 0 aromatic carbocycles. The number of nitrogen functional groups attached to an aromatic ring is 1. The van der Waals surface area contributed by atoms with E-state index in [0.717, 1.165) is 5.56 Å². The molecular formula is C11H16F3N3. The Morgan fingerprint density at radius 1 is 1.35 bits per heavy atom. The van der Waals surface area contributed by atoms with Gasteiger partial charge in [0.1, 0.15) is 5.82 Å². The molecule has 0 saturated carbocycles. The summed E-state index contributed by atoms with van der Waals surface area (Å²) in [7, 11) is 0. The normalized spacial score (nSPS) is 12.1. The summed E-state index contributed by atoms with van der Waals surface area (Å²) >= 11 is 0. The zero-order valence-corrected chi connectivity index (χ0v) is 9.67. The first kappa shape index (κ1) is 13.8.